The highest BCUT2D eigenvalue weighted by atomic mass is 19.1. The van der Waals surface area contributed by atoms with Crippen LogP contribution >= 0.6 is 0 Å². The van der Waals surface area contributed by atoms with Crippen molar-refractivity contribution in [1.29, 1.82) is 0 Å². The number of rotatable bonds is 5. The molecule has 1 atom stereocenters. The summed E-state index contributed by atoms with van der Waals surface area (Å²) in [5.41, 5.74) is 6.09. The van der Waals surface area contributed by atoms with E-state index in [1.54, 1.807) is 19.1 Å². The van der Waals surface area contributed by atoms with E-state index in [-0.39, 0.29) is 30.0 Å². The number of hydrazone groups is 2. The SMILES string of the molecule is CC1=NNC(=O)[C@H]1CCC(=O)N/N=C\c1ccc(F)cc1. The summed E-state index contributed by atoms with van der Waals surface area (Å²) >= 11 is 0. The van der Waals surface area contributed by atoms with E-state index in [1.807, 2.05) is 0 Å². The number of benzene rings is 1. The van der Waals surface area contributed by atoms with Crippen LogP contribution in [0.25, 0.3) is 0 Å². The molecule has 1 aliphatic rings. The third-order valence-electron chi connectivity index (χ3n) is 3.10. The maximum atomic E-state index is 12.7. The van der Waals surface area contributed by atoms with Crippen LogP contribution in [-0.4, -0.2) is 23.7 Å². The first kappa shape index (κ1) is 14.8. The molecule has 21 heavy (non-hydrogen) atoms. The van der Waals surface area contributed by atoms with Crippen molar-refractivity contribution in [3.8, 4) is 0 Å². The molecule has 0 unspecified atom stereocenters. The fourth-order valence-corrected chi connectivity index (χ4v) is 1.89. The van der Waals surface area contributed by atoms with Gasteiger partial charge in [0.05, 0.1) is 12.1 Å². The molecule has 0 saturated carbocycles. The van der Waals surface area contributed by atoms with Gasteiger partial charge in [-0.15, -0.1) is 0 Å². The number of nitrogens with zero attached hydrogens (tertiary/aromatic N) is 2. The Morgan fingerprint density at radius 1 is 1.48 bits per heavy atom. The van der Waals surface area contributed by atoms with Gasteiger partial charge in [0.1, 0.15) is 5.82 Å². The molecule has 6 nitrogen and oxygen atoms in total. The second-order valence-corrected chi connectivity index (χ2v) is 4.67. The molecular weight excluding hydrogens is 275 g/mol. The largest absolute Gasteiger partial charge is 0.273 e. The summed E-state index contributed by atoms with van der Waals surface area (Å²) in [4.78, 5) is 23.0. The van der Waals surface area contributed by atoms with Gasteiger partial charge in [0.25, 0.3) is 0 Å². The van der Waals surface area contributed by atoms with Gasteiger partial charge in [-0.1, -0.05) is 12.1 Å². The predicted octanol–water partition coefficient (Wildman–Crippen LogP) is 1.18. The first-order valence-electron chi connectivity index (χ1n) is 6.48. The molecule has 2 amide bonds. The number of hydrogen-bond acceptors (Lipinski definition) is 4. The number of amides is 2. The molecule has 0 aliphatic carbocycles. The van der Waals surface area contributed by atoms with E-state index < -0.39 is 0 Å². The number of halogens is 1. The second-order valence-electron chi connectivity index (χ2n) is 4.67. The van der Waals surface area contributed by atoms with Crippen molar-refractivity contribution in [3.05, 3.63) is 35.6 Å². The molecule has 1 aliphatic heterocycles. The Bertz CT molecular complexity index is 595. The van der Waals surface area contributed by atoms with Crippen LogP contribution in [0.1, 0.15) is 25.3 Å². The predicted molar refractivity (Wildman–Crippen MR) is 76.1 cm³/mol. The van der Waals surface area contributed by atoms with Gasteiger partial charge in [0.15, 0.2) is 0 Å². The number of hydrogen-bond donors (Lipinski definition) is 2. The minimum Gasteiger partial charge on any atom is -0.273 e. The molecule has 0 radical (unpaired) electrons. The molecule has 0 spiro atoms. The van der Waals surface area contributed by atoms with Crippen molar-refractivity contribution in [3.63, 3.8) is 0 Å². The fourth-order valence-electron chi connectivity index (χ4n) is 1.89. The van der Waals surface area contributed by atoms with Gasteiger partial charge >= 0.3 is 0 Å². The van der Waals surface area contributed by atoms with Gasteiger partial charge < -0.3 is 0 Å². The van der Waals surface area contributed by atoms with Crippen molar-refractivity contribution in [2.45, 2.75) is 19.8 Å². The summed E-state index contributed by atoms with van der Waals surface area (Å²) in [6, 6.07) is 5.72. The van der Waals surface area contributed by atoms with Crippen molar-refractivity contribution >= 4 is 23.7 Å². The topological polar surface area (TPSA) is 82.9 Å². The molecule has 1 heterocycles. The van der Waals surface area contributed by atoms with Gasteiger partial charge in [-0.2, -0.15) is 10.2 Å². The monoisotopic (exact) mass is 290 g/mol. The van der Waals surface area contributed by atoms with Gasteiger partial charge in [0.2, 0.25) is 11.8 Å². The van der Waals surface area contributed by atoms with Crippen LogP contribution in [0.3, 0.4) is 0 Å². The van der Waals surface area contributed by atoms with Crippen molar-refractivity contribution in [2.24, 2.45) is 16.1 Å². The lowest BCUT2D eigenvalue weighted by atomic mass is 9.99. The molecule has 2 N–H and O–H groups in total. The highest BCUT2D eigenvalue weighted by Gasteiger charge is 2.26. The number of carbonyl (C=O) groups is 2. The standard InChI is InChI=1S/C14H15FN4O2/c1-9-12(14(21)19-17-9)6-7-13(20)18-16-8-10-2-4-11(15)5-3-10/h2-5,8,12H,6-7H2,1H3,(H,18,20)(H,19,21)/b16-8-/t12-/m0/s1. The molecule has 0 aromatic heterocycles. The third-order valence-corrected chi connectivity index (χ3v) is 3.10. The molecule has 1 aromatic rings. The summed E-state index contributed by atoms with van der Waals surface area (Å²) < 4.78 is 12.7. The third kappa shape index (κ3) is 4.20. The van der Waals surface area contributed by atoms with Crippen molar-refractivity contribution < 1.29 is 14.0 Å². The van der Waals surface area contributed by atoms with Crippen LogP contribution < -0.4 is 10.9 Å². The molecule has 7 heteroatoms. The summed E-state index contributed by atoms with van der Waals surface area (Å²) in [6.45, 7) is 1.74. The maximum Gasteiger partial charge on any atom is 0.248 e. The molecule has 0 bridgehead atoms. The fraction of sp³-hybridized carbons (Fsp3) is 0.286. The molecule has 0 saturated heterocycles. The van der Waals surface area contributed by atoms with Crippen LogP contribution in [0.5, 0.6) is 0 Å². The smallest absolute Gasteiger partial charge is 0.248 e. The molecule has 0 fully saturated rings. The van der Waals surface area contributed by atoms with E-state index >= 15 is 0 Å². The molecule has 1 aromatic carbocycles. The lowest BCUT2D eigenvalue weighted by Crippen LogP contribution is -2.25. The maximum absolute atomic E-state index is 12.7. The van der Waals surface area contributed by atoms with Crippen LogP contribution in [0.15, 0.2) is 34.5 Å². The van der Waals surface area contributed by atoms with Gasteiger partial charge in [-0.25, -0.2) is 15.2 Å². The summed E-state index contributed by atoms with van der Waals surface area (Å²) in [6.07, 6.45) is 1.98. The quantitative estimate of drug-likeness (QED) is 0.630. The zero-order chi connectivity index (χ0) is 15.2. The van der Waals surface area contributed by atoms with Crippen LogP contribution in [0, 0.1) is 11.7 Å². The lowest BCUT2D eigenvalue weighted by Gasteiger charge is -2.06. The minimum absolute atomic E-state index is 0.172. The lowest BCUT2D eigenvalue weighted by molar-refractivity contribution is -0.123. The minimum atomic E-state index is -0.350. The highest BCUT2D eigenvalue weighted by molar-refractivity contribution is 6.07. The Balaban J connectivity index is 1.76. The first-order chi connectivity index (χ1) is 10.1. The zero-order valence-electron chi connectivity index (χ0n) is 11.5. The average molecular weight is 290 g/mol. The van der Waals surface area contributed by atoms with Gasteiger partial charge in [-0.3, -0.25) is 9.59 Å². The molecular formula is C14H15FN4O2. The zero-order valence-corrected chi connectivity index (χ0v) is 11.5. The average Bonchev–Trinajstić information content (AvgIpc) is 2.78. The van der Waals surface area contributed by atoms with Crippen LogP contribution in [0.2, 0.25) is 0 Å². The Labute approximate surface area is 121 Å². The molecule has 110 valence electrons. The normalized spacial score (nSPS) is 17.7. The Morgan fingerprint density at radius 2 is 2.19 bits per heavy atom. The number of carbonyl (C=O) groups excluding carboxylic acids is 2. The van der Waals surface area contributed by atoms with E-state index in [1.165, 1.54) is 18.3 Å². The second kappa shape index (κ2) is 6.74. The van der Waals surface area contributed by atoms with E-state index in [9.17, 15) is 14.0 Å². The van der Waals surface area contributed by atoms with E-state index in [0.29, 0.717) is 17.7 Å². The Morgan fingerprint density at radius 3 is 2.81 bits per heavy atom. The van der Waals surface area contributed by atoms with Crippen LogP contribution in [0.4, 0.5) is 4.39 Å². The highest BCUT2D eigenvalue weighted by Crippen LogP contribution is 2.13. The van der Waals surface area contributed by atoms with Crippen LogP contribution in [-0.2, 0) is 9.59 Å². The van der Waals surface area contributed by atoms with E-state index in [0.717, 1.165) is 0 Å². The Hall–Kier alpha value is -2.57. The van der Waals surface area contributed by atoms with Gasteiger partial charge in [-0.05, 0) is 31.0 Å². The van der Waals surface area contributed by atoms with Crippen molar-refractivity contribution in [1.82, 2.24) is 10.9 Å². The first-order valence-corrected chi connectivity index (χ1v) is 6.48. The summed E-state index contributed by atoms with van der Waals surface area (Å²) in [5.74, 6) is -1.16. The summed E-state index contributed by atoms with van der Waals surface area (Å²) in [5, 5.41) is 7.59. The van der Waals surface area contributed by atoms with E-state index in [4.69, 9.17) is 0 Å². The number of nitrogens with one attached hydrogen (secondary N) is 2. The van der Waals surface area contributed by atoms with E-state index in [2.05, 4.69) is 21.1 Å². The van der Waals surface area contributed by atoms with Gasteiger partial charge in [0, 0.05) is 12.1 Å². The Kier molecular flexibility index (Phi) is 4.76. The summed E-state index contributed by atoms with van der Waals surface area (Å²) in [7, 11) is 0. The molecule has 2 rings (SSSR count). The van der Waals surface area contributed by atoms with Crippen molar-refractivity contribution in [2.75, 3.05) is 0 Å².